The van der Waals surface area contributed by atoms with Crippen molar-refractivity contribution in [1.29, 1.82) is 0 Å². The van der Waals surface area contributed by atoms with Crippen LogP contribution in [0.3, 0.4) is 0 Å². The average molecular weight is 237 g/mol. The molecule has 0 bridgehead atoms. The fourth-order valence-corrected chi connectivity index (χ4v) is 2.30. The Hall–Kier alpha value is -2.06. The molecule has 1 heterocycles. The summed E-state index contributed by atoms with van der Waals surface area (Å²) in [6.45, 7) is 1.94. The summed E-state index contributed by atoms with van der Waals surface area (Å²) in [5.74, 6) is 0.885. The van der Waals surface area contributed by atoms with Crippen LogP contribution in [-0.4, -0.2) is 0 Å². The molecule has 0 saturated carbocycles. The molecular weight excluding hydrogens is 222 g/mol. The van der Waals surface area contributed by atoms with Crippen molar-refractivity contribution in [3.8, 4) is 0 Å². The Morgan fingerprint density at radius 3 is 2.50 bits per heavy atom. The first-order valence-corrected chi connectivity index (χ1v) is 6.04. The fraction of sp³-hybridized carbons (Fsp3) is 0.125. The highest BCUT2D eigenvalue weighted by molar-refractivity contribution is 5.83. The number of rotatable bonds is 2. The van der Waals surface area contributed by atoms with Crippen molar-refractivity contribution in [3.63, 3.8) is 0 Å². The van der Waals surface area contributed by atoms with Gasteiger partial charge in [-0.25, -0.2) is 0 Å². The molecule has 0 aliphatic heterocycles. The van der Waals surface area contributed by atoms with Crippen LogP contribution in [0, 0.1) is 6.92 Å². The molecule has 0 aliphatic carbocycles. The second-order valence-corrected chi connectivity index (χ2v) is 4.52. The maximum Gasteiger partial charge on any atom is 0.105 e. The van der Waals surface area contributed by atoms with Crippen molar-refractivity contribution >= 4 is 10.8 Å². The van der Waals surface area contributed by atoms with Crippen molar-refractivity contribution in [3.05, 3.63) is 71.7 Å². The molecular formula is C16H15NO. The summed E-state index contributed by atoms with van der Waals surface area (Å²) in [6.07, 6.45) is 1.69. The molecule has 2 nitrogen and oxygen atoms in total. The summed E-state index contributed by atoms with van der Waals surface area (Å²) in [6, 6.07) is 16.4. The molecule has 3 aromatic rings. The highest BCUT2D eigenvalue weighted by atomic mass is 16.3. The van der Waals surface area contributed by atoms with E-state index in [-0.39, 0.29) is 6.04 Å². The lowest BCUT2D eigenvalue weighted by atomic mass is 9.97. The molecule has 3 rings (SSSR count). The van der Waals surface area contributed by atoms with Gasteiger partial charge < -0.3 is 10.2 Å². The Balaban J connectivity index is 2.07. The number of aryl methyl sites for hydroxylation is 1. The van der Waals surface area contributed by atoms with E-state index in [1.165, 1.54) is 10.8 Å². The third-order valence-corrected chi connectivity index (χ3v) is 3.37. The van der Waals surface area contributed by atoms with Gasteiger partial charge in [0.15, 0.2) is 0 Å². The van der Waals surface area contributed by atoms with Gasteiger partial charge in [-0.3, -0.25) is 0 Å². The standard InChI is InChI=1S/C16H15NO/c1-11-15(8-9-18-11)16(17)14-7-6-12-4-2-3-5-13(12)10-14/h2-10,16H,17H2,1H3. The number of hydrogen-bond donors (Lipinski definition) is 1. The van der Waals surface area contributed by atoms with Crippen LogP contribution >= 0.6 is 0 Å². The molecule has 18 heavy (non-hydrogen) atoms. The lowest BCUT2D eigenvalue weighted by molar-refractivity contribution is 0.527. The number of benzene rings is 2. The smallest absolute Gasteiger partial charge is 0.105 e. The SMILES string of the molecule is Cc1occc1C(N)c1ccc2ccccc2c1. The first-order valence-electron chi connectivity index (χ1n) is 6.04. The molecule has 0 saturated heterocycles. The normalized spacial score (nSPS) is 12.8. The highest BCUT2D eigenvalue weighted by Crippen LogP contribution is 2.26. The maximum atomic E-state index is 6.29. The van der Waals surface area contributed by atoms with E-state index in [0.29, 0.717) is 0 Å². The topological polar surface area (TPSA) is 39.2 Å². The molecule has 2 heteroatoms. The van der Waals surface area contributed by atoms with Gasteiger partial charge in [-0.15, -0.1) is 0 Å². The largest absolute Gasteiger partial charge is 0.469 e. The summed E-state index contributed by atoms with van der Waals surface area (Å²) in [7, 11) is 0. The first kappa shape index (κ1) is 11.1. The predicted molar refractivity (Wildman–Crippen MR) is 73.4 cm³/mol. The van der Waals surface area contributed by atoms with E-state index in [0.717, 1.165) is 16.9 Å². The van der Waals surface area contributed by atoms with Crippen molar-refractivity contribution in [2.75, 3.05) is 0 Å². The van der Waals surface area contributed by atoms with Crippen LogP contribution in [0.5, 0.6) is 0 Å². The summed E-state index contributed by atoms with van der Waals surface area (Å²) in [5, 5.41) is 2.45. The third-order valence-electron chi connectivity index (χ3n) is 3.37. The molecule has 90 valence electrons. The fourth-order valence-electron chi connectivity index (χ4n) is 2.30. The Labute approximate surface area is 106 Å². The van der Waals surface area contributed by atoms with E-state index >= 15 is 0 Å². The molecule has 0 radical (unpaired) electrons. The summed E-state index contributed by atoms with van der Waals surface area (Å²) >= 11 is 0. The van der Waals surface area contributed by atoms with E-state index in [1.54, 1.807) is 6.26 Å². The van der Waals surface area contributed by atoms with Crippen LogP contribution in [0.25, 0.3) is 10.8 Å². The monoisotopic (exact) mass is 237 g/mol. The molecule has 0 aliphatic rings. The van der Waals surface area contributed by atoms with Crippen LogP contribution < -0.4 is 5.73 Å². The molecule has 0 spiro atoms. The maximum absolute atomic E-state index is 6.29. The molecule has 2 N–H and O–H groups in total. The van der Waals surface area contributed by atoms with Gasteiger partial charge in [0.05, 0.1) is 12.3 Å². The van der Waals surface area contributed by atoms with Crippen LogP contribution in [0.1, 0.15) is 22.9 Å². The lowest BCUT2D eigenvalue weighted by Gasteiger charge is -2.12. The number of furan rings is 1. The van der Waals surface area contributed by atoms with E-state index in [1.807, 2.05) is 25.1 Å². The van der Waals surface area contributed by atoms with Crippen molar-refractivity contribution in [1.82, 2.24) is 0 Å². The van der Waals surface area contributed by atoms with Gasteiger partial charge in [-0.2, -0.15) is 0 Å². The second-order valence-electron chi connectivity index (χ2n) is 4.52. The minimum absolute atomic E-state index is 0.131. The van der Waals surface area contributed by atoms with Crippen molar-refractivity contribution < 1.29 is 4.42 Å². The number of fused-ring (bicyclic) bond motifs is 1. The van der Waals surface area contributed by atoms with Gasteiger partial charge in [-0.05, 0) is 35.4 Å². The zero-order valence-corrected chi connectivity index (χ0v) is 10.3. The van der Waals surface area contributed by atoms with Crippen LogP contribution in [0.2, 0.25) is 0 Å². The van der Waals surface area contributed by atoms with Gasteiger partial charge in [0.1, 0.15) is 5.76 Å². The van der Waals surface area contributed by atoms with Crippen LogP contribution in [0.4, 0.5) is 0 Å². The summed E-state index contributed by atoms with van der Waals surface area (Å²) in [4.78, 5) is 0. The Morgan fingerprint density at radius 1 is 1.00 bits per heavy atom. The molecule has 1 aromatic heterocycles. The van der Waals surface area contributed by atoms with Crippen LogP contribution in [-0.2, 0) is 0 Å². The van der Waals surface area contributed by atoms with E-state index in [4.69, 9.17) is 10.2 Å². The molecule has 2 aromatic carbocycles. The number of nitrogens with two attached hydrogens (primary N) is 1. The predicted octanol–water partition coefficient (Wildman–Crippen LogP) is 3.79. The zero-order valence-electron chi connectivity index (χ0n) is 10.3. The number of hydrogen-bond acceptors (Lipinski definition) is 2. The third kappa shape index (κ3) is 1.81. The van der Waals surface area contributed by atoms with E-state index in [2.05, 4.69) is 30.3 Å². The first-order chi connectivity index (χ1) is 8.75. The van der Waals surface area contributed by atoms with Crippen LogP contribution in [0.15, 0.2) is 59.2 Å². The Kier molecular flexibility index (Phi) is 2.65. The second kappa shape index (κ2) is 4.31. The van der Waals surface area contributed by atoms with Gasteiger partial charge in [0.2, 0.25) is 0 Å². The van der Waals surface area contributed by atoms with Crippen molar-refractivity contribution in [2.24, 2.45) is 5.73 Å². The van der Waals surface area contributed by atoms with E-state index < -0.39 is 0 Å². The van der Waals surface area contributed by atoms with Gasteiger partial charge in [0, 0.05) is 5.56 Å². The molecule has 1 unspecified atom stereocenters. The van der Waals surface area contributed by atoms with Gasteiger partial charge in [0.25, 0.3) is 0 Å². The van der Waals surface area contributed by atoms with E-state index in [9.17, 15) is 0 Å². The quantitative estimate of drug-likeness (QED) is 0.736. The molecule has 0 amide bonds. The highest BCUT2D eigenvalue weighted by Gasteiger charge is 2.13. The van der Waals surface area contributed by atoms with Crippen molar-refractivity contribution in [2.45, 2.75) is 13.0 Å². The average Bonchev–Trinajstić information content (AvgIpc) is 2.83. The van der Waals surface area contributed by atoms with Gasteiger partial charge in [-0.1, -0.05) is 36.4 Å². The minimum atomic E-state index is -0.131. The summed E-state index contributed by atoms with van der Waals surface area (Å²) in [5.41, 5.74) is 8.45. The Bertz CT molecular complexity index is 684. The summed E-state index contributed by atoms with van der Waals surface area (Å²) < 4.78 is 5.31. The molecule has 0 fully saturated rings. The lowest BCUT2D eigenvalue weighted by Crippen LogP contribution is -2.11. The van der Waals surface area contributed by atoms with Gasteiger partial charge >= 0.3 is 0 Å². The zero-order chi connectivity index (χ0) is 12.5. The minimum Gasteiger partial charge on any atom is -0.469 e. The molecule has 1 atom stereocenters. The Morgan fingerprint density at radius 2 is 1.78 bits per heavy atom.